The van der Waals surface area contributed by atoms with E-state index in [4.69, 9.17) is 0 Å². The third-order valence-corrected chi connectivity index (χ3v) is 3.44. The summed E-state index contributed by atoms with van der Waals surface area (Å²) in [5.41, 5.74) is 4.87. The zero-order chi connectivity index (χ0) is 10.5. The highest BCUT2D eigenvalue weighted by Crippen LogP contribution is 2.27. The van der Waals surface area contributed by atoms with Gasteiger partial charge in [0.05, 0.1) is 0 Å². The smallest absolute Gasteiger partial charge is 0.0241 e. The monoisotopic (exact) mass is 200 g/mol. The van der Waals surface area contributed by atoms with Gasteiger partial charge in [-0.15, -0.1) is 0 Å². The lowest BCUT2D eigenvalue weighted by atomic mass is 9.89. The largest absolute Gasteiger partial charge is 0.0741 e. The average molecular weight is 200 g/mol. The zero-order valence-electron chi connectivity index (χ0n) is 9.63. The normalized spacial score (nSPS) is 16.9. The fraction of sp³-hybridized carbons (Fsp3) is 0.467. The van der Waals surface area contributed by atoms with Gasteiger partial charge in [-0.05, 0) is 51.0 Å². The van der Waals surface area contributed by atoms with E-state index in [2.05, 4.69) is 37.3 Å². The molecule has 2 rings (SSSR count). The van der Waals surface area contributed by atoms with Crippen molar-refractivity contribution in [1.82, 2.24) is 0 Å². The lowest BCUT2D eigenvalue weighted by Gasteiger charge is -2.17. The number of allylic oxidation sites excluding steroid dienone is 2. The standard InChI is InChI=1S/C15H20/c1-13-7-5-6-10-15(13)12-11-14-8-3-2-4-9-14/h2-4,8-9H,5-7,10-12H2,1H3. The van der Waals surface area contributed by atoms with Gasteiger partial charge in [0.1, 0.15) is 0 Å². The summed E-state index contributed by atoms with van der Waals surface area (Å²) >= 11 is 0. The average Bonchev–Trinajstić information content (AvgIpc) is 2.29. The number of aryl methyl sites for hydroxylation is 1. The first-order chi connectivity index (χ1) is 7.36. The Balaban J connectivity index is 1.93. The van der Waals surface area contributed by atoms with Gasteiger partial charge in [0, 0.05) is 0 Å². The van der Waals surface area contributed by atoms with Crippen LogP contribution in [0.2, 0.25) is 0 Å². The maximum absolute atomic E-state index is 2.32. The second-order valence-electron chi connectivity index (χ2n) is 4.58. The lowest BCUT2D eigenvalue weighted by Crippen LogP contribution is -1.99. The number of hydrogen-bond donors (Lipinski definition) is 0. The molecule has 0 bridgehead atoms. The van der Waals surface area contributed by atoms with Crippen LogP contribution in [0.15, 0.2) is 41.5 Å². The first-order valence-electron chi connectivity index (χ1n) is 6.07. The van der Waals surface area contributed by atoms with Gasteiger partial charge < -0.3 is 0 Å². The SMILES string of the molecule is CC1=C(CCc2ccccc2)CCCC1. The van der Waals surface area contributed by atoms with Crippen LogP contribution in [-0.4, -0.2) is 0 Å². The minimum absolute atomic E-state index is 1.22. The van der Waals surface area contributed by atoms with Gasteiger partial charge in [-0.1, -0.05) is 41.5 Å². The van der Waals surface area contributed by atoms with Crippen LogP contribution in [0, 0.1) is 0 Å². The van der Waals surface area contributed by atoms with E-state index in [0.717, 1.165) is 0 Å². The van der Waals surface area contributed by atoms with Crippen LogP contribution in [0.4, 0.5) is 0 Å². The van der Waals surface area contributed by atoms with E-state index >= 15 is 0 Å². The number of hydrogen-bond acceptors (Lipinski definition) is 0. The molecule has 0 amide bonds. The molecule has 0 unspecified atom stereocenters. The van der Waals surface area contributed by atoms with Crippen LogP contribution in [-0.2, 0) is 6.42 Å². The van der Waals surface area contributed by atoms with Gasteiger partial charge in [-0.2, -0.15) is 0 Å². The highest BCUT2D eigenvalue weighted by atomic mass is 14.1. The summed E-state index contributed by atoms with van der Waals surface area (Å²) in [6.45, 7) is 2.32. The summed E-state index contributed by atoms with van der Waals surface area (Å²) in [5, 5.41) is 0. The predicted molar refractivity (Wildman–Crippen MR) is 65.9 cm³/mol. The molecule has 0 aliphatic heterocycles. The Bertz CT molecular complexity index is 332. The molecule has 1 aliphatic carbocycles. The Hall–Kier alpha value is -1.04. The summed E-state index contributed by atoms with van der Waals surface area (Å²) < 4.78 is 0. The Morgan fingerprint density at radius 3 is 2.40 bits per heavy atom. The molecule has 0 heterocycles. The molecule has 80 valence electrons. The molecule has 0 aromatic heterocycles. The first-order valence-corrected chi connectivity index (χ1v) is 6.07. The van der Waals surface area contributed by atoms with Crippen molar-refractivity contribution in [2.75, 3.05) is 0 Å². The van der Waals surface area contributed by atoms with E-state index in [9.17, 15) is 0 Å². The maximum Gasteiger partial charge on any atom is -0.0241 e. The lowest BCUT2D eigenvalue weighted by molar-refractivity contribution is 0.646. The van der Waals surface area contributed by atoms with Crippen molar-refractivity contribution in [3.05, 3.63) is 47.0 Å². The highest BCUT2D eigenvalue weighted by Gasteiger charge is 2.08. The summed E-state index contributed by atoms with van der Waals surface area (Å²) in [7, 11) is 0. The molecule has 0 spiro atoms. The molecule has 0 fully saturated rings. The van der Waals surface area contributed by atoms with Crippen LogP contribution in [0.1, 0.15) is 44.6 Å². The third-order valence-electron chi connectivity index (χ3n) is 3.44. The molecule has 0 nitrogen and oxygen atoms in total. The molecule has 1 aliphatic rings. The van der Waals surface area contributed by atoms with Crippen molar-refractivity contribution in [3.63, 3.8) is 0 Å². The van der Waals surface area contributed by atoms with E-state index in [1.54, 1.807) is 11.1 Å². The summed E-state index contributed by atoms with van der Waals surface area (Å²) in [4.78, 5) is 0. The van der Waals surface area contributed by atoms with Gasteiger partial charge in [0.15, 0.2) is 0 Å². The van der Waals surface area contributed by atoms with Crippen molar-refractivity contribution < 1.29 is 0 Å². The Labute approximate surface area is 93.0 Å². The molecular formula is C15H20. The zero-order valence-corrected chi connectivity index (χ0v) is 9.63. The molecule has 0 N–H and O–H groups in total. The molecule has 0 saturated heterocycles. The highest BCUT2D eigenvalue weighted by molar-refractivity contribution is 5.20. The quantitative estimate of drug-likeness (QED) is 0.630. The van der Waals surface area contributed by atoms with E-state index in [0.29, 0.717) is 0 Å². The van der Waals surface area contributed by atoms with Crippen LogP contribution in [0.3, 0.4) is 0 Å². The third kappa shape index (κ3) is 2.95. The fourth-order valence-corrected chi connectivity index (χ4v) is 2.40. The second-order valence-corrected chi connectivity index (χ2v) is 4.58. The summed E-state index contributed by atoms with van der Waals surface area (Å²) in [6.07, 6.45) is 7.98. The van der Waals surface area contributed by atoms with Crippen molar-refractivity contribution in [1.29, 1.82) is 0 Å². The van der Waals surface area contributed by atoms with Gasteiger partial charge in [-0.25, -0.2) is 0 Å². The molecule has 0 saturated carbocycles. The van der Waals surface area contributed by atoms with E-state index in [1.165, 1.54) is 44.1 Å². The molecule has 1 aromatic rings. The van der Waals surface area contributed by atoms with Crippen molar-refractivity contribution in [3.8, 4) is 0 Å². The molecule has 15 heavy (non-hydrogen) atoms. The fourth-order valence-electron chi connectivity index (χ4n) is 2.40. The van der Waals surface area contributed by atoms with Gasteiger partial charge in [0.25, 0.3) is 0 Å². The van der Waals surface area contributed by atoms with Crippen LogP contribution >= 0.6 is 0 Å². The van der Waals surface area contributed by atoms with Gasteiger partial charge >= 0.3 is 0 Å². The molecule has 0 heteroatoms. The van der Waals surface area contributed by atoms with Crippen molar-refractivity contribution in [2.24, 2.45) is 0 Å². The topological polar surface area (TPSA) is 0 Å². The second kappa shape index (κ2) is 5.16. The van der Waals surface area contributed by atoms with Crippen molar-refractivity contribution in [2.45, 2.75) is 45.4 Å². The first kappa shape index (κ1) is 10.5. The number of benzene rings is 1. The maximum atomic E-state index is 2.32. The Morgan fingerprint density at radius 2 is 1.67 bits per heavy atom. The summed E-state index contributed by atoms with van der Waals surface area (Å²) in [6, 6.07) is 10.8. The Morgan fingerprint density at radius 1 is 0.933 bits per heavy atom. The van der Waals surface area contributed by atoms with Crippen LogP contribution < -0.4 is 0 Å². The van der Waals surface area contributed by atoms with Crippen LogP contribution in [0.25, 0.3) is 0 Å². The van der Waals surface area contributed by atoms with Gasteiger partial charge in [-0.3, -0.25) is 0 Å². The van der Waals surface area contributed by atoms with Crippen LogP contribution in [0.5, 0.6) is 0 Å². The minimum atomic E-state index is 1.22. The molecule has 1 aromatic carbocycles. The molecule has 0 radical (unpaired) electrons. The van der Waals surface area contributed by atoms with Crippen molar-refractivity contribution >= 4 is 0 Å². The molecular weight excluding hydrogens is 180 g/mol. The number of rotatable bonds is 3. The molecule has 0 atom stereocenters. The van der Waals surface area contributed by atoms with E-state index in [1.807, 2.05) is 0 Å². The van der Waals surface area contributed by atoms with Gasteiger partial charge in [0.2, 0.25) is 0 Å². The predicted octanol–water partition coefficient (Wildman–Crippen LogP) is 4.51. The summed E-state index contributed by atoms with van der Waals surface area (Å²) in [5.74, 6) is 0. The van der Waals surface area contributed by atoms with E-state index in [-0.39, 0.29) is 0 Å². The minimum Gasteiger partial charge on any atom is -0.0741 e. The van der Waals surface area contributed by atoms with E-state index < -0.39 is 0 Å². The Kier molecular flexibility index (Phi) is 3.60.